The lowest BCUT2D eigenvalue weighted by Crippen LogP contribution is -2.23. The normalized spacial score (nSPS) is 28.4. The average Bonchev–Trinajstić information content (AvgIpc) is 2.72. The first kappa shape index (κ1) is 13.3. The molecular formula is C14H16BrNO2S. The number of halogens is 1. The standard InChI is InChI=1S/C14H16BrNO2S/c1-9-4-5-16-12(8-19(9)17)14-7-10-6-11(15)2-3-13(10)18-14/h2-3,6-7,9,12,16H,4-5,8H2,1H3. The third-order valence-electron chi connectivity index (χ3n) is 3.56. The Labute approximate surface area is 123 Å². The Hall–Kier alpha value is -0.650. The number of rotatable bonds is 1. The molecule has 2 heterocycles. The second kappa shape index (κ2) is 5.38. The molecule has 0 bridgehead atoms. The Morgan fingerprint density at radius 2 is 2.26 bits per heavy atom. The van der Waals surface area contributed by atoms with Gasteiger partial charge in [-0.3, -0.25) is 4.21 Å². The maximum atomic E-state index is 12.1. The molecule has 19 heavy (non-hydrogen) atoms. The molecule has 0 amide bonds. The summed E-state index contributed by atoms with van der Waals surface area (Å²) in [7, 11) is -0.791. The number of fused-ring (bicyclic) bond motifs is 1. The van der Waals surface area contributed by atoms with Crippen LogP contribution in [0.4, 0.5) is 0 Å². The molecule has 3 atom stereocenters. The van der Waals surface area contributed by atoms with Crippen LogP contribution in [-0.2, 0) is 10.8 Å². The van der Waals surface area contributed by atoms with Crippen molar-refractivity contribution in [1.82, 2.24) is 5.32 Å². The van der Waals surface area contributed by atoms with Crippen molar-refractivity contribution in [3.63, 3.8) is 0 Å². The van der Waals surface area contributed by atoms with Gasteiger partial charge in [0.2, 0.25) is 0 Å². The molecule has 102 valence electrons. The summed E-state index contributed by atoms with van der Waals surface area (Å²) in [6.45, 7) is 2.94. The van der Waals surface area contributed by atoms with Crippen LogP contribution in [0.25, 0.3) is 11.0 Å². The quantitative estimate of drug-likeness (QED) is 0.864. The van der Waals surface area contributed by atoms with Crippen LogP contribution in [0.1, 0.15) is 25.1 Å². The zero-order chi connectivity index (χ0) is 13.4. The molecule has 1 fully saturated rings. The van der Waals surface area contributed by atoms with E-state index >= 15 is 0 Å². The van der Waals surface area contributed by atoms with E-state index in [1.807, 2.05) is 24.3 Å². The molecule has 0 saturated carbocycles. The van der Waals surface area contributed by atoms with Gasteiger partial charge in [0.25, 0.3) is 0 Å². The summed E-state index contributed by atoms with van der Waals surface area (Å²) in [5, 5.41) is 4.77. The summed E-state index contributed by atoms with van der Waals surface area (Å²) in [5.74, 6) is 1.51. The van der Waals surface area contributed by atoms with Gasteiger partial charge < -0.3 is 9.73 Å². The van der Waals surface area contributed by atoms with Gasteiger partial charge in [-0.25, -0.2) is 0 Å². The van der Waals surface area contributed by atoms with Crippen LogP contribution < -0.4 is 5.32 Å². The van der Waals surface area contributed by atoms with Gasteiger partial charge >= 0.3 is 0 Å². The minimum absolute atomic E-state index is 0.0527. The SMILES string of the molecule is CC1CCNC(c2cc3cc(Br)ccc3o2)CS1=O. The fraction of sp³-hybridized carbons (Fsp3) is 0.429. The Balaban J connectivity index is 1.92. The predicted molar refractivity (Wildman–Crippen MR) is 81.7 cm³/mol. The molecule has 1 aromatic heterocycles. The maximum Gasteiger partial charge on any atom is 0.134 e. The largest absolute Gasteiger partial charge is 0.459 e. The molecule has 5 heteroatoms. The van der Waals surface area contributed by atoms with Gasteiger partial charge in [-0.1, -0.05) is 22.9 Å². The van der Waals surface area contributed by atoms with Crippen molar-refractivity contribution in [2.24, 2.45) is 0 Å². The Bertz CT molecular complexity index is 625. The highest BCUT2D eigenvalue weighted by molar-refractivity contribution is 9.10. The van der Waals surface area contributed by atoms with Crippen molar-refractivity contribution in [1.29, 1.82) is 0 Å². The molecule has 3 unspecified atom stereocenters. The molecule has 1 saturated heterocycles. The number of hydrogen-bond donors (Lipinski definition) is 1. The summed E-state index contributed by atoms with van der Waals surface area (Å²) in [4.78, 5) is 0. The number of benzene rings is 1. The van der Waals surface area contributed by atoms with Crippen LogP contribution in [0, 0.1) is 0 Å². The third kappa shape index (κ3) is 2.78. The smallest absolute Gasteiger partial charge is 0.134 e. The molecule has 1 N–H and O–H groups in total. The van der Waals surface area contributed by atoms with E-state index in [-0.39, 0.29) is 11.3 Å². The minimum atomic E-state index is -0.791. The lowest BCUT2D eigenvalue weighted by atomic mass is 10.2. The lowest BCUT2D eigenvalue weighted by molar-refractivity contribution is 0.458. The molecule has 0 spiro atoms. The number of hydrogen-bond acceptors (Lipinski definition) is 3. The summed E-state index contributed by atoms with van der Waals surface area (Å²) in [5.41, 5.74) is 0.878. The summed E-state index contributed by atoms with van der Waals surface area (Å²) < 4.78 is 19.0. The van der Waals surface area contributed by atoms with Crippen molar-refractivity contribution in [2.75, 3.05) is 12.3 Å². The van der Waals surface area contributed by atoms with Gasteiger partial charge in [0.1, 0.15) is 11.3 Å². The molecule has 0 aliphatic carbocycles. The van der Waals surface area contributed by atoms with Crippen molar-refractivity contribution in [3.8, 4) is 0 Å². The molecule has 1 aliphatic rings. The zero-order valence-corrected chi connectivity index (χ0v) is 13.1. The molecule has 1 aliphatic heterocycles. The van der Waals surface area contributed by atoms with Crippen LogP contribution >= 0.6 is 15.9 Å². The zero-order valence-electron chi connectivity index (χ0n) is 10.7. The highest BCUT2D eigenvalue weighted by Crippen LogP contribution is 2.28. The van der Waals surface area contributed by atoms with E-state index in [1.165, 1.54) is 0 Å². The fourth-order valence-corrected chi connectivity index (χ4v) is 4.07. The van der Waals surface area contributed by atoms with Gasteiger partial charge in [-0.05, 0) is 37.2 Å². The average molecular weight is 342 g/mol. The van der Waals surface area contributed by atoms with Gasteiger partial charge in [0, 0.05) is 31.7 Å². The topological polar surface area (TPSA) is 42.2 Å². The molecule has 1 aromatic carbocycles. The predicted octanol–water partition coefficient (Wildman–Crippen LogP) is 3.37. The van der Waals surface area contributed by atoms with E-state index < -0.39 is 10.8 Å². The Morgan fingerprint density at radius 1 is 1.42 bits per heavy atom. The molecular weight excluding hydrogens is 326 g/mol. The second-order valence-electron chi connectivity index (χ2n) is 4.98. The first-order chi connectivity index (χ1) is 9.13. The third-order valence-corrected chi connectivity index (χ3v) is 5.85. The number of nitrogens with one attached hydrogen (secondary N) is 1. The van der Waals surface area contributed by atoms with E-state index in [0.717, 1.165) is 34.2 Å². The Morgan fingerprint density at radius 3 is 3.11 bits per heavy atom. The van der Waals surface area contributed by atoms with E-state index in [1.54, 1.807) is 0 Å². The van der Waals surface area contributed by atoms with Crippen molar-refractivity contribution < 1.29 is 8.63 Å². The highest BCUT2D eigenvalue weighted by atomic mass is 79.9. The van der Waals surface area contributed by atoms with Gasteiger partial charge in [-0.15, -0.1) is 0 Å². The van der Waals surface area contributed by atoms with Crippen molar-refractivity contribution in [3.05, 3.63) is 34.5 Å². The molecule has 3 nitrogen and oxygen atoms in total. The fourth-order valence-electron chi connectivity index (χ4n) is 2.37. The van der Waals surface area contributed by atoms with Crippen LogP contribution in [0.2, 0.25) is 0 Å². The first-order valence-electron chi connectivity index (χ1n) is 6.43. The summed E-state index contributed by atoms with van der Waals surface area (Å²) in [6, 6.07) is 8.07. The second-order valence-corrected chi connectivity index (χ2v) is 7.80. The lowest BCUT2D eigenvalue weighted by Gasteiger charge is -2.11. The van der Waals surface area contributed by atoms with E-state index in [0.29, 0.717) is 5.75 Å². The summed E-state index contributed by atoms with van der Waals surface area (Å²) in [6.07, 6.45) is 0.953. The monoisotopic (exact) mass is 341 g/mol. The Kier molecular flexibility index (Phi) is 3.78. The van der Waals surface area contributed by atoms with Gasteiger partial charge in [-0.2, -0.15) is 0 Å². The minimum Gasteiger partial charge on any atom is -0.459 e. The van der Waals surface area contributed by atoms with E-state index in [9.17, 15) is 4.21 Å². The van der Waals surface area contributed by atoms with E-state index in [2.05, 4.69) is 28.2 Å². The molecule has 0 radical (unpaired) electrons. The van der Waals surface area contributed by atoms with Crippen LogP contribution in [-0.4, -0.2) is 21.8 Å². The van der Waals surface area contributed by atoms with Crippen molar-refractivity contribution in [2.45, 2.75) is 24.6 Å². The van der Waals surface area contributed by atoms with Gasteiger partial charge in [0.15, 0.2) is 0 Å². The first-order valence-corrected chi connectivity index (χ1v) is 8.60. The number of furan rings is 1. The van der Waals surface area contributed by atoms with Crippen LogP contribution in [0.3, 0.4) is 0 Å². The van der Waals surface area contributed by atoms with E-state index in [4.69, 9.17) is 4.42 Å². The molecule has 2 aromatic rings. The van der Waals surface area contributed by atoms with Gasteiger partial charge in [0.05, 0.1) is 6.04 Å². The van der Waals surface area contributed by atoms with Crippen molar-refractivity contribution >= 4 is 37.7 Å². The maximum absolute atomic E-state index is 12.1. The molecule has 3 rings (SSSR count). The highest BCUT2D eigenvalue weighted by Gasteiger charge is 2.25. The summed E-state index contributed by atoms with van der Waals surface area (Å²) >= 11 is 3.46. The van der Waals surface area contributed by atoms with Crippen LogP contribution in [0.15, 0.2) is 33.2 Å². The van der Waals surface area contributed by atoms with Crippen LogP contribution in [0.5, 0.6) is 0 Å².